The molecule has 1 atom stereocenters. The van der Waals surface area contributed by atoms with Crippen molar-refractivity contribution >= 4 is 15.8 Å². The molecule has 0 spiro atoms. The van der Waals surface area contributed by atoms with Gasteiger partial charge in [-0.2, -0.15) is 13.7 Å². The van der Waals surface area contributed by atoms with Crippen molar-refractivity contribution < 1.29 is 12.7 Å². The van der Waals surface area contributed by atoms with E-state index in [9.17, 15) is 8.42 Å². The molecule has 6 heteroatoms. The van der Waals surface area contributed by atoms with Gasteiger partial charge in [-0.05, 0) is 25.5 Å². The highest BCUT2D eigenvalue weighted by Crippen LogP contribution is 2.14. The van der Waals surface area contributed by atoms with Crippen LogP contribution in [-0.4, -0.2) is 14.1 Å². The van der Waals surface area contributed by atoms with Crippen LogP contribution in [0.25, 0.3) is 0 Å². The van der Waals surface area contributed by atoms with Crippen LogP contribution >= 0.6 is 0 Å². The largest absolute Gasteiger partial charge is 0.358 e. The monoisotopic (exact) mass is 294 g/mol. The Kier molecular flexibility index (Phi) is 6.19. The van der Waals surface area contributed by atoms with Gasteiger partial charge in [0.25, 0.3) is 0 Å². The SMILES string of the molecule is CCCC(C#N)CC(C)=NOS(=O)(=O)c1ccccc1. The number of hydrogen-bond donors (Lipinski definition) is 0. The molecule has 0 aliphatic carbocycles. The number of nitrogens with zero attached hydrogens (tertiary/aromatic N) is 2. The van der Waals surface area contributed by atoms with Crippen LogP contribution in [0.3, 0.4) is 0 Å². The second-order valence-electron chi connectivity index (χ2n) is 4.49. The van der Waals surface area contributed by atoms with E-state index in [1.165, 1.54) is 12.1 Å². The van der Waals surface area contributed by atoms with Gasteiger partial charge in [0.2, 0.25) is 0 Å². The summed E-state index contributed by atoms with van der Waals surface area (Å²) in [4.78, 5) is 0.0574. The summed E-state index contributed by atoms with van der Waals surface area (Å²) in [6, 6.07) is 10.00. The zero-order valence-corrected chi connectivity index (χ0v) is 12.4. The Morgan fingerprint density at radius 3 is 2.60 bits per heavy atom. The number of oxime groups is 1. The molecular weight excluding hydrogens is 276 g/mol. The van der Waals surface area contributed by atoms with Gasteiger partial charge in [-0.3, -0.25) is 4.28 Å². The fraction of sp³-hybridized carbons (Fsp3) is 0.429. The average molecular weight is 294 g/mol. The molecule has 1 rings (SSSR count). The van der Waals surface area contributed by atoms with Gasteiger partial charge in [-0.25, -0.2) is 0 Å². The molecule has 5 nitrogen and oxygen atoms in total. The molecule has 0 amide bonds. The Hall–Kier alpha value is -1.87. The molecule has 0 aromatic heterocycles. The van der Waals surface area contributed by atoms with Crippen molar-refractivity contribution in [3.05, 3.63) is 30.3 Å². The zero-order valence-electron chi connectivity index (χ0n) is 11.6. The number of nitriles is 1. The van der Waals surface area contributed by atoms with E-state index >= 15 is 0 Å². The minimum atomic E-state index is -3.88. The van der Waals surface area contributed by atoms with E-state index in [-0.39, 0.29) is 10.8 Å². The molecule has 0 aliphatic heterocycles. The van der Waals surface area contributed by atoms with E-state index in [0.717, 1.165) is 12.8 Å². The average Bonchev–Trinajstić information content (AvgIpc) is 2.46. The quantitative estimate of drug-likeness (QED) is 0.571. The van der Waals surface area contributed by atoms with Gasteiger partial charge in [0.15, 0.2) is 0 Å². The second-order valence-corrected chi connectivity index (χ2v) is 6.02. The van der Waals surface area contributed by atoms with Crippen molar-refractivity contribution in [1.82, 2.24) is 0 Å². The summed E-state index contributed by atoms with van der Waals surface area (Å²) >= 11 is 0. The molecule has 0 N–H and O–H groups in total. The molecule has 0 fully saturated rings. The van der Waals surface area contributed by atoms with Gasteiger partial charge in [-0.15, -0.1) is 0 Å². The predicted molar refractivity (Wildman–Crippen MR) is 76.4 cm³/mol. The Bertz CT molecular complexity index is 589. The first kappa shape index (κ1) is 16.2. The van der Waals surface area contributed by atoms with Gasteiger partial charge in [-0.1, -0.05) is 36.7 Å². The second kappa shape index (κ2) is 7.65. The number of rotatable bonds is 7. The van der Waals surface area contributed by atoms with Crippen LogP contribution in [0.15, 0.2) is 40.4 Å². The van der Waals surface area contributed by atoms with E-state index < -0.39 is 10.1 Å². The maximum atomic E-state index is 11.8. The summed E-state index contributed by atoms with van der Waals surface area (Å²) in [5.74, 6) is -0.160. The maximum Gasteiger partial charge on any atom is 0.358 e. The van der Waals surface area contributed by atoms with Gasteiger partial charge in [0, 0.05) is 6.42 Å². The summed E-state index contributed by atoms with van der Waals surface area (Å²) < 4.78 is 28.3. The summed E-state index contributed by atoms with van der Waals surface area (Å²) in [5.41, 5.74) is 0.490. The smallest absolute Gasteiger partial charge is 0.265 e. The molecule has 1 aromatic carbocycles. The Labute approximate surface area is 120 Å². The Morgan fingerprint density at radius 2 is 2.05 bits per heavy atom. The third kappa shape index (κ3) is 5.02. The topological polar surface area (TPSA) is 79.5 Å². The molecule has 0 saturated heterocycles. The molecule has 0 aliphatic rings. The third-order valence-electron chi connectivity index (χ3n) is 2.68. The summed E-state index contributed by atoms with van der Waals surface area (Å²) in [5, 5.41) is 12.6. The van der Waals surface area contributed by atoms with Crippen molar-refractivity contribution in [3.63, 3.8) is 0 Å². The molecule has 0 bridgehead atoms. The lowest BCUT2D eigenvalue weighted by Crippen LogP contribution is -2.07. The van der Waals surface area contributed by atoms with Crippen LogP contribution in [0.5, 0.6) is 0 Å². The van der Waals surface area contributed by atoms with Crippen LogP contribution in [0.2, 0.25) is 0 Å². The van der Waals surface area contributed by atoms with Gasteiger partial charge in [0.1, 0.15) is 4.90 Å². The summed E-state index contributed by atoms with van der Waals surface area (Å²) in [6.45, 7) is 3.65. The predicted octanol–water partition coefficient (Wildman–Crippen LogP) is 3.10. The lowest BCUT2D eigenvalue weighted by atomic mass is 9.99. The van der Waals surface area contributed by atoms with Crippen LogP contribution < -0.4 is 0 Å². The van der Waals surface area contributed by atoms with E-state index in [1.54, 1.807) is 25.1 Å². The maximum absolute atomic E-state index is 11.8. The van der Waals surface area contributed by atoms with Gasteiger partial charge >= 0.3 is 10.1 Å². The fourth-order valence-corrected chi connectivity index (χ4v) is 2.50. The van der Waals surface area contributed by atoms with E-state index in [2.05, 4.69) is 15.5 Å². The summed E-state index contributed by atoms with van der Waals surface area (Å²) in [7, 11) is -3.88. The molecule has 0 saturated carbocycles. The summed E-state index contributed by atoms with van der Waals surface area (Å²) in [6.07, 6.45) is 2.07. The minimum Gasteiger partial charge on any atom is -0.265 e. The third-order valence-corrected chi connectivity index (χ3v) is 3.80. The van der Waals surface area contributed by atoms with E-state index in [0.29, 0.717) is 12.1 Å². The molecule has 0 radical (unpaired) electrons. The highest BCUT2D eigenvalue weighted by Gasteiger charge is 2.15. The number of benzene rings is 1. The standard InChI is InChI=1S/C14H18N2O3S/c1-3-7-13(11-15)10-12(2)16-19-20(17,18)14-8-5-4-6-9-14/h4-6,8-9,13H,3,7,10H2,1-2H3. The lowest BCUT2D eigenvalue weighted by molar-refractivity contribution is 0.336. The van der Waals surface area contributed by atoms with Gasteiger partial charge in [0.05, 0.1) is 17.7 Å². The van der Waals surface area contributed by atoms with Crippen molar-refractivity contribution in [1.29, 1.82) is 5.26 Å². The van der Waals surface area contributed by atoms with Gasteiger partial charge < -0.3 is 0 Å². The molecular formula is C14H18N2O3S. The normalized spacial score (nSPS) is 13.6. The number of hydrogen-bond acceptors (Lipinski definition) is 5. The lowest BCUT2D eigenvalue weighted by Gasteiger charge is -2.07. The van der Waals surface area contributed by atoms with Crippen molar-refractivity contribution in [2.75, 3.05) is 0 Å². The Morgan fingerprint density at radius 1 is 1.40 bits per heavy atom. The minimum absolute atomic E-state index is 0.0574. The molecule has 0 heterocycles. The van der Waals surface area contributed by atoms with Crippen LogP contribution in [0, 0.1) is 17.2 Å². The first-order valence-electron chi connectivity index (χ1n) is 6.41. The van der Waals surface area contributed by atoms with Crippen molar-refractivity contribution in [2.24, 2.45) is 11.1 Å². The highest BCUT2D eigenvalue weighted by atomic mass is 32.2. The Balaban J connectivity index is 2.70. The fourth-order valence-electron chi connectivity index (χ4n) is 1.70. The van der Waals surface area contributed by atoms with Crippen molar-refractivity contribution in [2.45, 2.75) is 38.0 Å². The van der Waals surface area contributed by atoms with Crippen LogP contribution in [0.4, 0.5) is 0 Å². The molecule has 20 heavy (non-hydrogen) atoms. The van der Waals surface area contributed by atoms with Crippen molar-refractivity contribution in [3.8, 4) is 6.07 Å². The van der Waals surface area contributed by atoms with E-state index in [1.807, 2.05) is 6.92 Å². The highest BCUT2D eigenvalue weighted by molar-refractivity contribution is 7.86. The first-order chi connectivity index (χ1) is 9.49. The first-order valence-corrected chi connectivity index (χ1v) is 7.82. The molecule has 1 unspecified atom stereocenters. The zero-order chi connectivity index (χ0) is 15.0. The van der Waals surface area contributed by atoms with Crippen LogP contribution in [-0.2, 0) is 14.4 Å². The van der Waals surface area contributed by atoms with Crippen LogP contribution in [0.1, 0.15) is 33.1 Å². The van der Waals surface area contributed by atoms with E-state index in [4.69, 9.17) is 5.26 Å². The molecule has 1 aromatic rings. The molecule has 108 valence electrons.